The molecule has 0 radical (unpaired) electrons. The fourth-order valence-corrected chi connectivity index (χ4v) is 2.92. The highest BCUT2D eigenvalue weighted by Crippen LogP contribution is 2.41. The van der Waals surface area contributed by atoms with E-state index in [0.29, 0.717) is 19.4 Å². The number of rotatable bonds is 5. The molecule has 5 nitrogen and oxygen atoms in total. The third kappa shape index (κ3) is 3.02. The normalized spacial score (nSPS) is 26.1. The van der Waals surface area contributed by atoms with E-state index in [1.165, 1.54) is 0 Å². The summed E-state index contributed by atoms with van der Waals surface area (Å²) in [6.45, 7) is 1.27. The summed E-state index contributed by atoms with van der Waals surface area (Å²) in [5, 5.41) is 12.1. The lowest BCUT2D eigenvalue weighted by Gasteiger charge is -2.23. The molecular formula is C13H21NO4. The van der Waals surface area contributed by atoms with Gasteiger partial charge in [0.2, 0.25) is 5.91 Å². The Morgan fingerprint density at radius 1 is 1.28 bits per heavy atom. The van der Waals surface area contributed by atoms with E-state index in [2.05, 4.69) is 5.32 Å². The Morgan fingerprint density at radius 3 is 2.56 bits per heavy atom. The number of carbonyl (C=O) groups is 2. The lowest BCUT2D eigenvalue weighted by Crippen LogP contribution is -2.38. The smallest absolute Gasteiger partial charge is 0.310 e. The Hall–Kier alpha value is -1.10. The van der Waals surface area contributed by atoms with Crippen LogP contribution in [-0.2, 0) is 14.3 Å². The van der Waals surface area contributed by atoms with Crippen molar-refractivity contribution in [2.45, 2.75) is 51.0 Å². The van der Waals surface area contributed by atoms with Gasteiger partial charge in [0.05, 0.1) is 11.5 Å². The Bertz CT molecular complexity index is 317. The van der Waals surface area contributed by atoms with Gasteiger partial charge in [-0.2, -0.15) is 0 Å². The number of carboxylic acids is 1. The average molecular weight is 255 g/mol. The van der Waals surface area contributed by atoms with E-state index >= 15 is 0 Å². The molecule has 0 bridgehead atoms. The zero-order chi connectivity index (χ0) is 13.0. The van der Waals surface area contributed by atoms with E-state index in [1.807, 2.05) is 0 Å². The van der Waals surface area contributed by atoms with Gasteiger partial charge < -0.3 is 15.2 Å². The average Bonchev–Trinajstić information content (AvgIpc) is 2.97. The van der Waals surface area contributed by atoms with Gasteiger partial charge in [-0.3, -0.25) is 9.59 Å². The predicted molar refractivity (Wildman–Crippen MR) is 65.1 cm³/mol. The summed E-state index contributed by atoms with van der Waals surface area (Å²) in [6, 6.07) is 0. The molecule has 18 heavy (non-hydrogen) atoms. The zero-order valence-corrected chi connectivity index (χ0v) is 10.6. The largest absolute Gasteiger partial charge is 0.481 e. The van der Waals surface area contributed by atoms with Crippen LogP contribution in [0.15, 0.2) is 0 Å². The molecule has 102 valence electrons. The molecule has 1 aliphatic carbocycles. The van der Waals surface area contributed by atoms with Gasteiger partial charge in [0.1, 0.15) is 0 Å². The lowest BCUT2D eigenvalue weighted by atomic mass is 9.82. The summed E-state index contributed by atoms with van der Waals surface area (Å²) in [5.74, 6) is -0.984. The van der Waals surface area contributed by atoms with Gasteiger partial charge in [0.15, 0.2) is 0 Å². The molecule has 0 spiro atoms. The van der Waals surface area contributed by atoms with E-state index in [-0.39, 0.29) is 18.4 Å². The molecule has 5 heteroatoms. The van der Waals surface area contributed by atoms with Crippen molar-refractivity contribution < 1.29 is 19.4 Å². The van der Waals surface area contributed by atoms with Gasteiger partial charge in [-0.05, 0) is 25.7 Å². The number of hydrogen-bond acceptors (Lipinski definition) is 3. The Labute approximate surface area is 107 Å². The summed E-state index contributed by atoms with van der Waals surface area (Å²) >= 11 is 0. The standard InChI is InChI=1S/C13H21NO4/c15-11(14-9-10-4-3-7-18-10)8-13(12(16)17)5-1-2-6-13/h10H,1-9H2,(H,14,15)(H,16,17). The third-order valence-electron chi connectivity index (χ3n) is 4.06. The first kappa shape index (κ1) is 13.3. The Balaban J connectivity index is 1.80. The molecule has 2 aliphatic rings. The molecule has 1 aliphatic heterocycles. The highest BCUT2D eigenvalue weighted by molar-refractivity contribution is 5.85. The molecule has 2 rings (SSSR count). The Morgan fingerprint density at radius 2 is 2.00 bits per heavy atom. The summed E-state index contributed by atoms with van der Waals surface area (Å²) in [5.41, 5.74) is -0.819. The molecule has 1 saturated carbocycles. The maximum atomic E-state index is 11.8. The van der Waals surface area contributed by atoms with Gasteiger partial charge in [-0.25, -0.2) is 0 Å². The summed E-state index contributed by atoms with van der Waals surface area (Å²) in [4.78, 5) is 23.2. The lowest BCUT2D eigenvalue weighted by molar-refractivity contribution is -0.151. The van der Waals surface area contributed by atoms with Crippen LogP contribution in [0.1, 0.15) is 44.9 Å². The van der Waals surface area contributed by atoms with Crippen LogP contribution in [0, 0.1) is 5.41 Å². The van der Waals surface area contributed by atoms with Crippen molar-refractivity contribution in [3.8, 4) is 0 Å². The third-order valence-corrected chi connectivity index (χ3v) is 4.06. The minimum absolute atomic E-state index is 0.106. The van der Waals surface area contributed by atoms with Crippen molar-refractivity contribution in [3.63, 3.8) is 0 Å². The number of carboxylic acid groups (broad SMARTS) is 1. The van der Waals surface area contributed by atoms with Gasteiger partial charge in [-0.15, -0.1) is 0 Å². The molecule has 1 atom stereocenters. The van der Waals surface area contributed by atoms with Crippen LogP contribution < -0.4 is 5.32 Å². The predicted octanol–water partition coefficient (Wildman–Crippen LogP) is 1.32. The van der Waals surface area contributed by atoms with Crippen LogP contribution in [0.5, 0.6) is 0 Å². The van der Waals surface area contributed by atoms with Crippen LogP contribution in [0.25, 0.3) is 0 Å². The van der Waals surface area contributed by atoms with Gasteiger partial charge in [-0.1, -0.05) is 12.8 Å². The maximum Gasteiger partial charge on any atom is 0.310 e. The van der Waals surface area contributed by atoms with E-state index in [1.54, 1.807) is 0 Å². The first-order valence-electron chi connectivity index (χ1n) is 6.74. The highest BCUT2D eigenvalue weighted by atomic mass is 16.5. The number of nitrogens with one attached hydrogen (secondary N) is 1. The molecule has 1 amide bonds. The van der Waals surface area contributed by atoms with Crippen LogP contribution in [0.4, 0.5) is 0 Å². The monoisotopic (exact) mass is 255 g/mol. The summed E-state index contributed by atoms with van der Waals surface area (Å²) in [6.07, 6.45) is 5.29. The SMILES string of the molecule is O=C(CC1(C(=O)O)CCCC1)NCC1CCCO1. The number of ether oxygens (including phenoxy) is 1. The minimum Gasteiger partial charge on any atom is -0.481 e. The topological polar surface area (TPSA) is 75.6 Å². The van der Waals surface area contributed by atoms with Gasteiger partial charge >= 0.3 is 5.97 Å². The fraction of sp³-hybridized carbons (Fsp3) is 0.846. The van der Waals surface area contributed by atoms with E-state index < -0.39 is 11.4 Å². The molecule has 1 unspecified atom stereocenters. The quantitative estimate of drug-likeness (QED) is 0.776. The zero-order valence-electron chi connectivity index (χ0n) is 10.6. The maximum absolute atomic E-state index is 11.8. The molecule has 0 aromatic rings. The van der Waals surface area contributed by atoms with Crippen LogP contribution in [0.2, 0.25) is 0 Å². The number of hydrogen-bond donors (Lipinski definition) is 2. The number of aliphatic carboxylic acids is 1. The van der Waals surface area contributed by atoms with Crippen molar-refractivity contribution in [3.05, 3.63) is 0 Å². The van der Waals surface area contributed by atoms with Crippen molar-refractivity contribution in [1.29, 1.82) is 0 Å². The first-order chi connectivity index (χ1) is 8.62. The van der Waals surface area contributed by atoms with Crippen LogP contribution in [0.3, 0.4) is 0 Å². The number of carbonyl (C=O) groups excluding carboxylic acids is 1. The second-order valence-corrected chi connectivity index (χ2v) is 5.41. The summed E-state index contributed by atoms with van der Waals surface area (Å²) < 4.78 is 5.41. The molecule has 1 heterocycles. The second kappa shape index (κ2) is 5.69. The Kier molecular flexibility index (Phi) is 4.22. The van der Waals surface area contributed by atoms with Crippen molar-refractivity contribution in [2.24, 2.45) is 5.41 Å². The van der Waals surface area contributed by atoms with Crippen LogP contribution in [-0.4, -0.2) is 36.2 Å². The van der Waals surface area contributed by atoms with Gasteiger partial charge in [0, 0.05) is 19.6 Å². The second-order valence-electron chi connectivity index (χ2n) is 5.41. The van der Waals surface area contributed by atoms with Crippen molar-refractivity contribution in [1.82, 2.24) is 5.32 Å². The molecule has 0 aromatic heterocycles. The van der Waals surface area contributed by atoms with E-state index in [9.17, 15) is 14.7 Å². The minimum atomic E-state index is -0.827. The van der Waals surface area contributed by atoms with E-state index in [0.717, 1.165) is 32.3 Å². The first-order valence-corrected chi connectivity index (χ1v) is 6.74. The highest BCUT2D eigenvalue weighted by Gasteiger charge is 2.42. The van der Waals surface area contributed by atoms with E-state index in [4.69, 9.17) is 4.74 Å². The molecule has 2 N–H and O–H groups in total. The van der Waals surface area contributed by atoms with Crippen LogP contribution >= 0.6 is 0 Å². The molecule has 1 saturated heterocycles. The molecule has 0 aromatic carbocycles. The van der Waals surface area contributed by atoms with Crippen molar-refractivity contribution >= 4 is 11.9 Å². The fourth-order valence-electron chi connectivity index (χ4n) is 2.92. The number of amides is 1. The van der Waals surface area contributed by atoms with Crippen molar-refractivity contribution in [2.75, 3.05) is 13.2 Å². The molecular weight excluding hydrogens is 234 g/mol. The molecule has 2 fully saturated rings. The van der Waals surface area contributed by atoms with Gasteiger partial charge in [0.25, 0.3) is 0 Å². The summed E-state index contributed by atoms with van der Waals surface area (Å²) in [7, 11) is 0.